The van der Waals surface area contributed by atoms with E-state index in [9.17, 15) is 4.79 Å². The molecular formula is C13H22N2O4. The van der Waals surface area contributed by atoms with Crippen LogP contribution in [-0.4, -0.2) is 27.8 Å². The van der Waals surface area contributed by atoms with E-state index in [0.29, 0.717) is 24.7 Å². The highest BCUT2D eigenvalue weighted by Gasteiger charge is 2.26. The molecule has 1 aromatic heterocycles. The highest BCUT2D eigenvalue weighted by atomic mass is 16.5. The van der Waals surface area contributed by atoms with Crippen molar-refractivity contribution in [2.24, 2.45) is 5.41 Å². The lowest BCUT2D eigenvalue weighted by Gasteiger charge is -2.19. The van der Waals surface area contributed by atoms with Gasteiger partial charge < -0.3 is 14.4 Å². The zero-order chi connectivity index (χ0) is 14.5. The molecule has 0 amide bonds. The number of rotatable bonds is 8. The number of aromatic nitrogens is 2. The van der Waals surface area contributed by atoms with E-state index in [4.69, 9.17) is 14.4 Å². The van der Waals surface area contributed by atoms with Gasteiger partial charge >= 0.3 is 5.97 Å². The topological polar surface area (TPSA) is 85.5 Å². The van der Waals surface area contributed by atoms with E-state index in [-0.39, 0.29) is 12.5 Å². The van der Waals surface area contributed by atoms with Crippen LogP contribution in [-0.2, 0) is 16.0 Å². The summed E-state index contributed by atoms with van der Waals surface area (Å²) >= 11 is 0. The second-order valence-corrected chi connectivity index (χ2v) is 5.31. The molecule has 1 unspecified atom stereocenters. The molecule has 1 aromatic rings. The highest BCUT2D eigenvalue weighted by molar-refractivity contribution is 5.67. The molecule has 0 aromatic carbocycles. The van der Waals surface area contributed by atoms with Gasteiger partial charge in [-0.05, 0) is 18.8 Å². The van der Waals surface area contributed by atoms with Gasteiger partial charge in [-0.25, -0.2) is 0 Å². The lowest BCUT2D eigenvalue weighted by atomic mass is 9.86. The molecule has 0 saturated carbocycles. The molecule has 0 aliphatic carbocycles. The fourth-order valence-corrected chi connectivity index (χ4v) is 1.93. The monoisotopic (exact) mass is 270 g/mol. The Bertz CT molecular complexity index is 415. The van der Waals surface area contributed by atoms with Crippen molar-refractivity contribution >= 4 is 5.97 Å². The maximum absolute atomic E-state index is 10.8. The number of hydrogen-bond acceptors (Lipinski definition) is 5. The first-order valence-electron chi connectivity index (χ1n) is 6.53. The molecule has 0 bridgehead atoms. The van der Waals surface area contributed by atoms with E-state index in [1.54, 1.807) is 0 Å². The first-order chi connectivity index (χ1) is 8.88. The van der Waals surface area contributed by atoms with Crippen molar-refractivity contribution < 1.29 is 19.2 Å². The first kappa shape index (κ1) is 15.6. The van der Waals surface area contributed by atoms with Crippen LogP contribution in [0.1, 0.15) is 58.4 Å². The minimum atomic E-state index is -0.828. The van der Waals surface area contributed by atoms with E-state index in [0.717, 1.165) is 6.42 Å². The van der Waals surface area contributed by atoms with Crippen LogP contribution >= 0.6 is 0 Å². The summed E-state index contributed by atoms with van der Waals surface area (Å²) in [6.07, 6.45) is 1.11. The molecule has 0 radical (unpaired) electrons. The predicted octanol–water partition coefficient (Wildman–Crippen LogP) is 2.60. The van der Waals surface area contributed by atoms with Gasteiger partial charge in [0.15, 0.2) is 0 Å². The van der Waals surface area contributed by atoms with Crippen LogP contribution in [0.4, 0.5) is 0 Å². The smallest absolute Gasteiger partial charge is 0.303 e. The van der Waals surface area contributed by atoms with Crippen LogP contribution in [0, 0.1) is 5.41 Å². The lowest BCUT2D eigenvalue weighted by Crippen LogP contribution is -2.19. The summed E-state index contributed by atoms with van der Waals surface area (Å²) in [5, 5.41) is 12.8. The molecule has 1 rings (SSSR count). The van der Waals surface area contributed by atoms with Gasteiger partial charge in [0.25, 0.3) is 0 Å². The number of nitrogens with zero attached hydrogens (tertiary/aromatic N) is 2. The molecule has 0 aliphatic heterocycles. The number of carboxylic acid groups (broad SMARTS) is 1. The van der Waals surface area contributed by atoms with E-state index in [2.05, 4.69) is 10.1 Å². The Hall–Kier alpha value is -1.43. The van der Waals surface area contributed by atoms with Crippen molar-refractivity contribution in [2.45, 2.75) is 53.1 Å². The zero-order valence-corrected chi connectivity index (χ0v) is 12.0. The van der Waals surface area contributed by atoms with Crippen molar-refractivity contribution in [3.63, 3.8) is 0 Å². The van der Waals surface area contributed by atoms with Crippen LogP contribution in [0.5, 0.6) is 0 Å². The third kappa shape index (κ3) is 4.98. The van der Waals surface area contributed by atoms with Crippen molar-refractivity contribution in [3.05, 3.63) is 11.7 Å². The molecule has 1 atom stereocenters. The number of aliphatic carboxylic acids is 1. The molecule has 0 aliphatic rings. The summed E-state index contributed by atoms with van der Waals surface area (Å²) in [7, 11) is 0. The van der Waals surface area contributed by atoms with Gasteiger partial charge in [-0.15, -0.1) is 0 Å². The third-order valence-corrected chi connectivity index (χ3v) is 2.77. The summed E-state index contributed by atoms with van der Waals surface area (Å²) in [5.41, 5.74) is -0.414. The van der Waals surface area contributed by atoms with Gasteiger partial charge in [0.05, 0.1) is 6.42 Å². The molecule has 0 fully saturated rings. The molecule has 19 heavy (non-hydrogen) atoms. The van der Waals surface area contributed by atoms with E-state index >= 15 is 0 Å². The molecule has 6 nitrogen and oxygen atoms in total. The number of carbonyl (C=O) groups is 1. The SMILES string of the molecule is CCOC(CC)c1noc(CC(C)(C)CC(=O)O)n1. The summed E-state index contributed by atoms with van der Waals surface area (Å²) in [6.45, 7) is 8.23. The van der Waals surface area contributed by atoms with E-state index < -0.39 is 11.4 Å². The normalized spacial score (nSPS) is 13.5. The Morgan fingerprint density at radius 3 is 2.68 bits per heavy atom. The standard InChI is InChI=1S/C13H22N2O4/c1-5-9(18-6-2)12-14-10(19-15-12)7-13(3,4)8-11(16)17/h9H,5-8H2,1-4H3,(H,16,17). The minimum absolute atomic E-state index is 0.0629. The number of hydrogen-bond donors (Lipinski definition) is 1. The Morgan fingerprint density at radius 1 is 1.47 bits per heavy atom. The molecule has 1 heterocycles. The average Bonchev–Trinajstić information content (AvgIpc) is 2.71. The van der Waals surface area contributed by atoms with E-state index in [1.807, 2.05) is 27.7 Å². The molecule has 6 heteroatoms. The van der Waals surface area contributed by atoms with Crippen molar-refractivity contribution in [3.8, 4) is 0 Å². The first-order valence-corrected chi connectivity index (χ1v) is 6.53. The molecular weight excluding hydrogens is 248 g/mol. The quantitative estimate of drug-likeness (QED) is 0.781. The lowest BCUT2D eigenvalue weighted by molar-refractivity contribution is -0.139. The third-order valence-electron chi connectivity index (χ3n) is 2.77. The summed E-state index contributed by atoms with van der Waals surface area (Å²) in [4.78, 5) is 15.1. The second-order valence-electron chi connectivity index (χ2n) is 5.31. The summed E-state index contributed by atoms with van der Waals surface area (Å²) in [5.74, 6) is 0.162. The second kappa shape index (κ2) is 6.65. The maximum atomic E-state index is 10.8. The van der Waals surface area contributed by atoms with Crippen molar-refractivity contribution in [1.82, 2.24) is 10.1 Å². The van der Waals surface area contributed by atoms with Gasteiger partial charge in [0, 0.05) is 13.0 Å². The Labute approximate surface area is 113 Å². The van der Waals surface area contributed by atoms with Gasteiger partial charge in [0.2, 0.25) is 11.7 Å². The van der Waals surface area contributed by atoms with Gasteiger partial charge in [0.1, 0.15) is 6.10 Å². The van der Waals surface area contributed by atoms with Crippen molar-refractivity contribution in [1.29, 1.82) is 0 Å². The van der Waals surface area contributed by atoms with Crippen LogP contribution in [0.3, 0.4) is 0 Å². The van der Waals surface area contributed by atoms with Crippen molar-refractivity contribution in [2.75, 3.05) is 6.61 Å². The van der Waals surface area contributed by atoms with Gasteiger partial charge in [-0.3, -0.25) is 4.79 Å². The number of ether oxygens (including phenoxy) is 1. The number of carboxylic acids is 1. The molecule has 1 N–H and O–H groups in total. The highest BCUT2D eigenvalue weighted by Crippen LogP contribution is 2.26. The van der Waals surface area contributed by atoms with Gasteiger partial charge in [-0.2, -0.15) is 4.98 Å². The van der Waals surface area contributed by atoms with Crippen LogP contribution in [0.2, 0.25) is 0 Å². The van der Waals surface area contributed by atoms with Crippen LogP contribution < -0.4 is 0 Å². The van der Waals surface area contributed by atoms with Crippen LogP contribution in [0.25, 0.3) is 0 Å². The largest absolute Gasteiger partial charge is 0.481 e. The average molecular weight is 270 g/mol. The van der Waals surface area contributed by atoms with Crippen LogP contribution in [0.15, 0.2) is 4.52 Å². The summed E-state index contributed by atoms with van der Waals surface area (Å²) < 4.78 is 10.7. The zero-order valence-electron chi connectivity index (χ0n) is 12.0. The molecule has 0 spiro atoms. The fraction of sp³-hybridized carbons (Fsp3) is 0.769. The summed E-state index contributed by atoms with van der Waals surface area (Å²) in [6, 6.07) is 0. The Morgan fingerprint density at radius 2 is 2.16 bits per heavy atom. The van der Waals surface area contributed by atoms with Gasteiger partial charge in [-0.1, -0.05) is 25.9 Å². The fourth-order valence-electron chi connectivity index (χ4n) is 1.93. The Balaban J connectivity index is 2.71. The maximum Gasteiger partial charge on any atom is 0.303 e. The minimum Gasteiger partial charge on any atom is -0.481 e. The molecule has 108 valence electrons. The van der Waals surface area contributed by atoms with E-state index in [1.165, 1.54) is 0 Å². The Kier molecular flexibility index (Phi) is 5.47. The predicted molar refractivity (Wildman–Crippen MR) is 68.7 cm³/mol. The molecule has 0 saturated heterocycles.